The molecule has 0 saturated carbocycles. The molecule has 0 radical (unpaired) electrons. The highest BCUT2D eigenvalue weighted by atomic mass is 35.5. The van der Waals surface area contributed by atoms with Crippen LogP contribution in [0.5, 0.6) is 0 Å². The zero-order valence-electron chi connectivity index (χ0n) is 9.79. The zero-order valence-corrected chi connectivity index (χ0v) is 12.9. The molecule has 4 N–H and O–H groups in total. The van der Waals surface area contributed by atoms with Gasteiger partial charge in [0.2, 0.25) is 0 Å². The molecule has 0 bridgehead atoms. The first-order valence-corrected chi connectivity index (χ1v) is 7.50. The monoisotopic (exact) mass is 332 g/mol. The van der Waals surface area contributed by atoms with E-state index in [-0.39, 0.29) is 0 Å². The predicted octanol–water partition coefficient (Wildman–Crippen LogP) is 5.10. The molecule has 0 unspecified atom stereocenters. The van der Waals surface area contributed by atoms with Crippen LogP contribution in [-0.2, 0) is 5.75 Å². The van der Waals surface area contributed by atoms with E-state index in [4.69, 9.17) is 46.3 Å². The van der Waals surface area contributed by atoms with E-state index >= 15 is 0 Å². The van der Waals surface area contributed by atoms with Crippen LogP contribution in [-0.4, -0.2) is 0 Å². The van der Waals surface area contributed by atoms with Crippen molar-refractivity contribution in [1.29, 1.82) is 0 Å². The molecular formula is C13H11Cl3N2S. The molecule has 0 aromatic heterocycles. The normalized spacial score (nSPS) is 10.7. The third-order valence-corrected chi connectivity index (χ3v) is 4.65. The standard InChI is InChI=1S/C13H11Cl3N2S/c14-8-2-1-7(9(15)3-8)6-19-13-5-12(18)11(17)4-10(13)16/h1-5H,6,17-18H2. The molecule has 2 aromatic rings. The molecule has 6 heteroatoms. The molecule has 0 atom stereocenters. The number of thioether (sulfide) groups is 1. The van der Waals surface area contributed by atoms with Crippen LogP contribution < -0.4 is 11.5 Å². The van der Waals surface area contributed by atoms with E-state index in [1.54, 1.807) is 30.0 Å². The maximum absolute atomic E-state index is 6.12. The lowest BCUT2D eigenvalue weighted by molar-refractivity contribution is 1.38. The summed E-state index contributed by atoms with van der Waals surface area (Å²) >= 11 is 19.6. The van der Waals surface area contributed by atoms with Crippen molar-refractivity contribution in [2.75, 3.05) is 11.5 Å². The van der Waals surface area contributed by atoms with E-state index < -0.39 is 0 Å². The van der Waals surface area contributed by atoms with Gasteiger partial charge in [0.15, 0.2) is 0 Å². The topological polar surface area (TPSA) is 52.0 Å². The Kier molecular flexibility index (Phi) is 4.74. The number of benzene rings is 2. The average Bonchev–Trinajstić information content (AvgIpc) is 2.34. The summed E-state index contributed by atoms with van der Waals surface area (Å²) in [4.78, 5) is 0.874. The number of rotatable bonds is 3. The summed E-state index contributed by atoms with van der Waals surface area (Å²) in [7, 11) is 0. The molecule has 0 aliphatic rings. The lowest BCUT2D eigenvalue weighted by Crippen LogP contribution is -1.95. The van der Waals surface area contributed by atoms with Gasteiger partial charge in [-0.1, -0.05) is 40.9 Å². The van der Waals surface area contributed by atoms with Crippen molar-refractivity contribution < 1.29 is 0 Å². The van der Waals surface area contributed by atoms with Gasteiger partial charge in [-0.05, 0) is 29.8 Å². The van der Waals surface area contributed by atoms with Gasteiger partial charge >= 0.3 is 0 Å². The minimum Gasteiger partial charge on any atom is -0.397 e. The highest BCUT2D eigenvalue weighted by Gasteiger charge is 2.07. The van der Waals surface area contributed by atoms with Crippen molar-refractivity contribution in [2.45, 2.75) is 10.6 Å². The largest absolute Gasteiger partial charge is 0.397 e. The summed E-state index contributed by atoms with van der Waals surface area (Å²) in [6.45, 7) is 0. The average molecular weight is 334 g/mol. The van der Waals surface area contributed by atoms with Gasteiger partial charge in [-0.2, -0.15) is 0 Å². The lowest BCUT2D eigenvalue weighted by Gasteiger charge is -2.09. The zero-order chi connectivity index (χ0) is 14.0. The van der Waals surface area contributed by atoms with Crippen molar-refractivity contribution >= 4 is 57.9 Å². The van der Waals surface area contributed by atoms with Crippen LogP contribution in [0.25, 0.3) is 0 Å². The molecule has 0 spiro atoms. The smallest absolute Gasteiger partial charge is 0.0563 e. The first-order chi connectivity index (χ1) is 8.97. The van der Waals surface area contributed by atoms with Crippen molar-refractivity contribution in [3.8, 4) is 0 Å². The molecule has 0 aliphatic heterocycles. The van der Waals surface area contributed by atoms with Gasteiger partial charge < -0.3 is 11.5 Å². The Morgan fingerprint density at radius 1 is 0.895 bits per heavy atom. The fourth-order valence-electron chi connectivity index (χ4n) is 1.49. The number of hydrogen-bond donors (Lipinski definition) is 2. The molecule has 0 saturated heterocycles. The number of anilines is 2. The van der Waals surface area contributed by atoms with Gasteiger partial charge in [0.05, 0.1) is 16.4 Å². The van der Waals surface area contributed by atoms with Crippen LogP contribution in [0.1, 0.15) is 5.56 Å². The SMILES string of the molecule is Nc1cc(Cl)c(SCc2ccc(Cl)cc2Cl)cc1N. The molecule has 0 aliphatic carbocycles. The molecule has 2 rings (SSSR count). The second kappa shape index (κ2) is 6.14. The predicted molar refractivity (Wildman–Crippen MR) is 86.3 cm³/mol. The van der Waals surface area contributed by atoms with Crippen molar-refractivity contribution in [3.05, 3.63) is 51.0 Å². The van der Waals surface area contributed by atoms with E-state index in [0.29, 0.717) is 32.2 Å². The number of hydrogen-bond acceptors (Lipinski definition) is 3. The Balaban J connectivity index is 2.16. The molecule has 0 fully saturated rings. The van der Waals surface area contributed by atoms with Crippen LogP contribution in [0.15, 0.2) is 35.2 Å². The Morgan fingerprint density at radius 3 is 2.26 bits per heavy atom. The molecule has 0 heterocycles. The minimum absolute atomic E-state index is 0.485. The van der Waals surface area contributed by atoms with Crippen molar-refractivity contribution in [3.63, 3.8) is 0 Å². The first-order valence-electron chi connectivity index (χ1n) is 5.38. The fourth-order valence-corrected chi connectivity index (χ4v) is 3.35. The second-order valence-electron chi connectivity index (χ2n) is 3.94. The van der Waals surface area contributed by atoms with Crippen LogP contribution >= 0.6 is 46.6 Å². The Morgan fingerprint density at radius 2 is 1.58 bits per heavy atom. The summed E-state index contributed by atoms with van der Waals surface area (Å²) in [5, 5.41) is 1.84. The quantitative estimate of drug-likeness (QED) is 0.606. The van der Waals surface area contributed by atoms with Crippen LogP contribution in [0.3, 0.4) is 0 Å². The Hall–Kier alpha value is -0.740. The summed E-state index contributed by atoms with van der Waals surface area (Å²) < 4.78 is 0. The molecular weight excluding hydrogens is 323 g/mol. The summed E-state index contributed by atoms with van der Waals surface area (Å²) in [5.41, 5.74) is 13.4. The maximum Gasteiger partial charge on any atom is 0.0563 e. The fraction of sp³-hybridized carbons (Fsp3) is 0.0769. The van der Waals surface area contributed by atoms with E-state index in [0.717, 1.165) is 10.5 Å². The van der Waals surface area contributed by atoms with Crippen molar-refractivity contribution in [1.82, 2.24) is 0 Å². The van der Waals surface area contributed by atoms with Gasteiger partial charge in [0.25, 0.3) is 0 Å². The van der Waals surface area contributed by atoms with Crippen LogP contribution in [0.4, 0.5) is 11.4 Å². The van der Waals surface area contributed by atoms with Gasteiger partial charge in [-0.15, -0.1) is 11.8 Å². The molecule has 19 heavy (non-hydrogen) atoms. The Labute approximate surface area is 131 Å². The van der Waals surface area contributed by atoms with Gasteiger partial charge in [-0.25, -0.2) is 0 Å². The van der Waals surface area contributed by atoms with Crippen LogP contribution in [0.2, 0.25) is 15.1 Å². The highest BCUT2D eigenvalue weighted by molar-refractivity contribution is 7.98. The molecule has 100 valence electrons. The molecule has 2 aromatic carbocycles. The first kappa shape index (κ1) is 14.7. The molecule has 2 nitrogen and oxygen atoms in total. The van der Waals surface area contributed by atoms with E-state index in [1.165, 1.54) is 0 Å². The third kappa shape index (κ3) is 3.63. The maximum atomic E-state index is 6.12. The molecule has 0 amide bonds. The lowest BCUT2D eigenvalue weighted by atomic mass is 10.2. The van der Waals surface area contributed by atoms with Crippen LogP contribution in [0, 0.1) is 0 Å². The Bertz CT molecular complexity index is 617. The van der Waals surface area contributed by atoms with E-state index in [2.05, 4.69) is 0 Å². The van der Waals surface area contributed by atoms with E-state index in [1.807, 2.05) is 12.1 Å². The van der Waals surface area contributed by atoms with Gasteiger partial charge in [0, 0.05) is 20.7 Å². The summed E-state index contributed by atoms with van der Waals surface area (Å²) in [6, 6.07) is 8.85. The van der Waals surface area contributed by atoms with Gasteiger partial charge in [0.1, 0.15) is 0 Å². The minimum atomic E-state index is 0.485. The second-order valence-corrected chi connectivity index (χ2v) is 6.20. The van der Waals surface area contributed by atoms with Crippen molar-refractivity contribution in [2.24, 2.45) is 0 Å². The summed E-state index contributed by atoms with van der Waals surface area (Å²) in [6.07, 6.45) is 0. The van der Waals surface area contributed by atoms with E-state index in [9.17, 15) is 0 Å². The van der Waals surface area contributed by atoms with Gasteiger partial charge in [-0.3, -0.25) is 0 Å². The number of halogens is 3. The number of nitrogens with two attached hydrogens (primary N) is 2. The highest BCUT2D eigenvalue weighted by Crippen LogP contribution is 2.35. The summed E-state index contributed by atoms with van der Waals surface area (Å²) in [5.74, 6) is 0.680. The number of nitrogen functional groups attached to an aromatic ring is 2. The third-order valence-electron chi connectivity index (χ3n) is 2.54.